The second-order valence-electron chi connectivity index (χ2n) is 8.18. The molecule has 1 aliphatic heterocycles. The van der Waals surface area contributed by atoms with Crippen LogP contribution < -0.4 is 10.7 Å². The molecule has 2 aromatic carbocycles. The summed E-state index contributed by atoms with van der Waals surface area (Å²) in [6.07, 6.45) is -11.1. The van der Waals surface area contributed by atoms with Gasteiger partial charge in [0.1, 0.15) is 11.9 Å². The molecule has 37 heavy (non-hydrogen) atoms. The fourth-order valence-corrected chi connectivity index (χ4v) is 4.18. The lowest BCUT2D eigenvalue weighted by Crippen LogP contribution is -2.56. The Morgan fingerprint density at radius 3 is 2.16 bits per heavy atom. The van der Waals surface area contributed by atoms with Crippen LogP contribution in [0.15, 0.2) is 47.3 Å². The van der Waals surface area contributed by atoms with E-state index in [2.05, 4.69) is 4.98 Å². The number of nitrogens with zero attached hydrogens (tertiary/aromatic N) is 4. The monoisotopic (exact) mass is 534 g/mol. The first-order valence-electron chi connectivity index (χ1n) is 11.0. The van der Waals surface area contributed by atoms with E-state index in [1.54, 1.807) is 6.92 Å². The Bertz CT molecular complexity index is 1280. The number of alkyl halides is 6. The maximum Gasteiger partial charge on any atom is 0.416 e. The first-order valence-corrected chi connectivity index (χ1v) is 11.0. The molecule has 200 valence electrons. The topological polar surface area (TPSA) is 61.5 Å². The Morgan fingerprint density at radius 2 is 1.62 bits per heavy atom. The molecule has 3 aromatic rings. The van der Waals surface area contributed by atoms with Gasteiger partial charge in [0.15, 0.2) is 12.1 Å². The van der Waals surface area contributed by atoms with Crippen molar-refractivity contribution in [3.8, 4) is 11.4 Å². The molecule has 0 amide bonds. The highest BCUT2D eigenvalue weighted by molar-refractivity contribution is 5.59. The van der Waals surface area contributed by atoms with Gasteiger partial charge in [-0.1, -0.05) is 12.1 Å². The Hall–Kier alpha value is -3.39. The van der Waals surface area contributed by atoms with Crippen molar-refractivity contribution in [3.63, 3.8) is 0 Å². The molecule has 0 aliphatic carbocycles. The lowest BCUT2D eigenvalue weighted by atomic mass is 10.0. The summed E-state index contributed by atoms with van der Waals surface area (Å²) >= 11 is 0. The summed E-state index contributed by atoms with van der Waals surface area (Å²) in [5.74, 6) is -0.927. The van der Waals surface area contributed by atoms with Gasteiger partial charge in [-0.25, -0.2) is 13.9 Å². The molecule has 0 N–H and O–H groups in total. The van der Waals surface area contributed by atoms with Gasteiger partial charge < -0.3 is 9.47 Å². The molecule has 0 bridgehead atoms. The Morgan fingerprint density at radius 1 is 1.03 bits per heavy atom. The summed E-state index contributed by atoms with van der Waals surface area (Å²) in [6, 6.07) is 5.49. The summed E-state index contributed by atoms with van der Waals surface area (Å²) in [6.45, 7) is 2.11. The molecule has 14 heteroatoms. The van der Waals surface area contributed by atoms with Crippen LogP contribution in [0.1, 0.15) is 29.7 Å². The summed E-state index contributed by atoms with van der Waals surface area (Å²) in [4.78, 5) is 17.8. The molecule has 2 heterocycles. The van der Waals surface area contributed by atoms with E-state index in [9.17, 15) is 35.5 Å². The quantitative estimate of drug-likeness (QED) is 0.452. The third-order valence-corrected chi connectivity index (χ3v) is 5.78. The van der Waals surface area contributed by atoms with Crippen molar-refractivity contribution in [1.29, 1.82) is 0 Å². The number of hydrogen-bond acceptors (Lipinski definition) is 5. The minimum atomic E-state index is -5.07. The van der Waals surface area contributed by atoms with Crippen LogP contribution in [0, 0.1) is 5.82 Å². The predicted octanol–water partition coefficient (Wildman–Crippen LogP) is 4.50. The molecule has 2 atom stereocenters. The van der Waals surface area contributed by atoms with Gasteiger partial charge in [-0.15, -0.1) is 4.79 Å². The van der Waals surface area contributed by atoms with Crippen LogP contribution >= 0.6 is 0 Å². The fourth-order valence-electron chi connectivity index (χ4n) is 4.18. The minimum Gasteiger partial charge on any atom is -0.350 e. The number of morpholine rings is 1. The van der Waals surface area contributed by atoms with Gasteiger partial charge in [0, 0.05) is 19.2 Å². The molecule has 1 aromatic heterocycles. The molecular weight excluding hydrogens is 513 g/mol. The summed E-state index contributed by atoms with van der Waals surface area (Å²) < 4.78 is 106. The van der Waals surface area contributed by atoms with E-state index in [0.29, 0.717) is 17.7 Å². The van der Waals surface area contributed by atoms with Crippen molar-refractivity contribution in [1.82, 2.24) is 14.5 Å². The zero-order valence-electron chi connectivity index (χ0n) is 19.5. The molecule has 1 aliphatic rings. The number of aromatic nitrogens is 3. The van der Waals surface area contributed by atoms with E-state index < -0.39 is 58.7 Å². The van der Waals surface area contributed by atoms with E-state index in [1.165, 1.54) is 36.3 Å². The van der Waals surface area contributed by atoms with Crippen LogP contribution in [0.4, 0.5) is 30.7 Å². The SMILES string of the molecule is CCOC1OCCN(n2c(=O)nc(-c3cc(C(F)(F)F)cc(C(F)(F)F)c3)n2C)C1c1ccc(F)cc1. The van der Waals surface area contributed by atoms with E-state index >= 15 is 0 Å². The van der Waals surface area contributed by atoms with Gasteiger partial charge in [0.05, 0.1) is 24.3 Å². The van der Waals surface area contributed by atoms with Crippen LogP contribution in [-0.4, -0.2) is 40.5 Å². The van der Waals surface area contributed by atoms with Gasteiger partial charge in [0.25, 0.3) is 0 Å². The normalized spacial score (nSPS) is 18.9. The Labute approximate surface area is 205 Å². The third-order valence-electron chi connectivity index (χ3n) is 5.78. The van der Waals surface area contributed by atoms with Gasteiger partial charge >= 0.3 is 18.0 Å². The van der Waals surface area contributed by atoms with Crippen LogP contribution in [0.2, 0.25) is 0 Å². The standard InChI is InChI=1S/C23H21F7N4O3/c1-3-36-20-18(13-4-6-17(24)7-5-13)33(8-9-37-20)34-21(35)31-19(32(34)2)14-10-15(22(25,26)27)12-16(11-14)23(28,29)30/h4-7,10-12,18,20H,3,8-9H2,1-2H3. The summed E-state index contributed by atoms with van der Waals surface area (Å²) in [5.41, 5.74) is -4.08. The average Bonchev–Trinajstić information content (AvgIpc) is 3.12. The van der Waals surface area contributed by atoms with E-state index in [1.807, 2.05) is 0 Å². The lowest BCUT2D eigenvalue weighted by Gasteiger charge is -2.42. The molecular formula is C23H21F7N4O3. The van der Waals surface area contributed by atoms with Gasteiger partial charge in [-0.05, 0) is 42.8 Å². The third kappa shape index (κ3) is 5.34. The van der Waals surface area contributed by atoms with E-state index in [-0.39, 0.29) is 25.8 Å². The molecule has 7 nitrogen and oxygen atoms in total. The largest absolute Gasteiger partial charge is 0.416 e. The Balaban J connectivity index is 1.86. The van der Waals surface area contributed by atoms with Crippen LogP contribution in [0.5, 0.6) is 0 Å². The number of benzene rings is 2. The highest BCUT2D eigenvalue weighted by Crippen LogP contribution is 2.38. The van der Waals surface area contributed by atoms with E-state index in [0.717, 1.165) is 9.47 Å². The van der Waals surface area contributed by atoms with Crippen molar-refractivity contribution in [2.24, 2.45) is 7.05 Å². The molecule has 1 saturated heterocycles. The fraction of sp³-hybridized carbons (Fsp3) is 0.391. The highest BCUT2D eigenvalue weighted by atomic mass is 19.4. The Kier molecular flexibility index (Phi) is 7.08. The zero-order chi connectivity index (χ0) is 27.1. The zero-order valence-corrected chi connectivity index (χ0v) is 19.5. The van der Waals surface area contributed by atoms with Gasteiger partial charge in [0.2, 0.25) is 0 Å². The second-order valence-corrected chi connectivity index (χ2v) is 8.18. The van der Waals surface area contributed by atoms with Crippen molar-refractivity contribution in [2.75, 3.05) is 24.8 Å². The van der Waals surface area contributed by atoms with Crippen molar-refractivity contribution in [3.05, 3.63) is 75.5 Å². The number of halogens is 7. The first kappa shape index (κ1) is 26.7. The van der Waals surface area contributed by atoms with Crippen molar-refractivity contribution < 1.29 is 40.2 Å². The second kappa shape index (κ2) is 9.82. The van der Waals surface area contributed by atoms with E-state index in [4.69, 9.17) is 9.47 Å². The van der Waals surface area contributed by atoms with Gasteiger partial charge in [-0.2, -0.15) is 31.3 Å². The molecule has 1 fully saturated rings. The first-order chi connectivity index (χ1) is 17.3. The average molecular weight is 534 g/mol. The number of ether oxygens (including phenoxy) is 2. The number of hydrogen-bond donors (Lipinski definition) is 0. The lowest BCUT2D eigenvalue weighted by molar-refractivity contribution is -0.172. The molecule has 0 radical (unpaired) electrons. The van der Waals surface area contributed by atoms with Gasteiger partial charge in [-0.3, -0.25) is 5.01 Å². The summed E-state index contributed by atoms with van der Waals surface area (Å²) in [7, 11) is 1.28. The van der Waals surface area contributed by atoms with Crippen LogP contribution in [0.25, 0.3) is 11.4 Å². The maximum atomic E-state index is 13.6. The van der Waals surface area contributed by atoms with Crippen LogP contribution in [0.3, 0.4) is 0 Å². The number of rotatable bonds is 5. The summed E-state index contributed by atoms with van der Waals surface area (Å²) in [5, 5.41) is 1.47. The molecule has 0 saturated carbocycles. The van der Waals surface area contributed by atoms with Crippen LogP contribution in [-0.2, 0) is 28.9 Å². The van der Waals surface area contributed by atoms with Crippen molar-refractivity contribution >= 4 is 0 Å². The van der Waals surface area contributed by atoms with Crippen molar-refractivity contribution in [2.45, 2.75) is 31.6 Å². The molecule has 4 rings (SSSR count). The smallest absolute Gasteiger partial charge is 0.350 e. The predicted molar refractivity (Wildman–Crippen MR) is 116 cm³/mol. The maximum absolute atomic E-state index is 13.6. The molecule has 2 unspecified atom stereocenters. The minimum absolute atomic E-state index is 0.00216. The highest BCUT2D eigenvalue weighted by Gasteiger charge is 2.39. The molecule has 0 spiro atoms.